The minimum absolute atomic E-state index is 0.00467. The van der Waals surface area contributed by atoms with Gasteiger partial charge in [-0.25, -0.2) is 14.8 Å². The standard InChI is InChI=1S/C12H12ClN3O3/c1-6-4-15-11(19-6)7(2)16-10-3-8(12(17)18)9(13)5-14-10/h3-5,7H,1-2H3,(H,14,16)(H,17,18). The number of pyridine rings is 1. The van der Waals surface area contributed by atoms with E-state index in [1.807, 2.05) is 6.92 Å². The fraction of sp³-hybridized carbons (Fsp3) is 0.250. The van der Waals surface area contributed by atoms with E-state index in [4.69, 9.17) is 21.1 Å². The molecule has 7 heteroatoms. The summed E-state index contributed by atoms with van der Waals surface area (Å²) in [6, 6.07) is 1.14. The van der Waals surface area contributed by atoms with Crippen molar-refractivity contribution in [1.82, 2.24) is 9.97 Å². The van der Waals surface area contributed by atoms with Crippen LogP contribution in [-0.2, 0) is 0 Å². The van der Waals surface area contributed by atoms with Crippen molar-refractivity contribution < 1.29 is 14.3 Å². The first-order valence-corrected chi connectivity index (χ1v) is 5.93. The molecule has 0 saturated carbocycles. The first kappa shape index (κ1) is 13.4. The lowest BCUT2D eigenvalue weighted by Gasteiger charge is -2.11. The van der Waals surface area contributed by atoms with Gasteiger partial charge in [0.05, 0.1) is 16.8 Å². The van der Waals surface area contributed by atoms with Crippen LogP contribution in [0.4, 0.5) is 5.82 Å². The summed E-state index contributed by atoms with van der Waals surface area (Å²) in [6.07, 6.45) is 2.91. The van der Waals surface area contributed by atoms with Crippen molar-refractivity contribution in [2.75, 3.05) is 5.32 Å². The van der Waals surface area contributed by atoms with Crippen LogP contribution in [0.2, 0.25) is 5.02 Å². The van der Waals surface area contributed by atoms with Gasteiger partial charge in [0.1, 0.15) is 17.6 Å². The van der Waals surface area contributed by atoms with Crippen LogP contribution in [0, 0.1) is 6.92 Å². The Kier molecular flexibility index (Phi) is 3.71. The van der Waals surface area contributed by atoms with E-state index in [2.05, 4.69) is 15.3 Å². The van der Waals surface area contributed by atoms with Gasteiger partial charge in [0.2, 0.25) is 5.89 Å². The van der Waals surface area contributed by atoms with Gasteiger partial charge in [-0.3, -0.25) is 0 Å². The third-order valence-corrected chi connectivity index (χ3v) is 2.76. The maximum absolute atomic E-state index is 11.0. The minimum Gasteiger partial charge on any atom is -0.478 e. The van der Waals surface area contributed by atoms with Crippen molar-refractivity contribution in [3.05, 3.63) is 40.7 Å². The van der Waals surface area contributed by atoms with Gasteiger partial charge >= 0.3 is 5.97 Å². The Morgan fingerprint density at radius 1 is 1.47 bits per heavy atom. The van der Waals surface area contributed by atoms with Gasteiger partial charge < -0.3 is 14.8 Å². The number of anilines is 1. The van der Waals surface area contributed by atoms with E-state index in [1.165, 1.54) is 12.3 Å². The second-order valence-corrected chi connectivity index (χ2v) is 4.44. The maximum atomic E-state index is 11.0. The lowest BCUT2D eigenvalue weighted by Crippen LogP contribution is -2.09. The van der Waals surface area contributed by atoms with Crippen molar-refractivity contribution in [3.8, 4) is 0 Å². The number of carboxylic acid groups (broad SMARTS) is 1. The van der Waals surface area contributed by atoms with Gasteiger partial charge in [-0.15, -0.1) is 0 Å². The number of halogens is 1. The third-order valence-electron chi connectivity index (χ3n) is 2.46. The zero-order chi connectivity index (χ0) is 14.0. The number of aryl methyl sites for hydroxylation is 1. The molecule has 6 nitrogen and oxygen atoms in total. The largest absolute Gasteiger partial charge is 0.478 e. The van der Waals surface area contributed by atoms with Crippen molar-refractivity contribution in [1.29, 1.82) is 0 Å². The highest BCUT2D eigenvalue weighted by molar-refractivity contribution is 6.33. The number of nitrogens with one attached hydrogen (secondary N) is 1. The number of oxazole rings is 1. The number of hydrogen-bond donors (Lipinski definition) is 2. The Labute approximate surface area is 114 Å². The molecule has 0 bridgehead atoms. The molecule has 100 valence electrons. The maximum Gasteiger partial charge on any atom is 0.337 e. The highest BCUT2D eigenvalue weighted by atomic mass is 35.5. The summed E-state index contributed by atoms with van der Waals surface area (Å²) in [4.78, 5) is 19.1. The molecule has 0 aliphatic carbocycles. The van der Waals surface area contributed by atoms with Gasteiger partial charge in [0, 0.05) is 6.20 Å². The molecule has 1 unspecified atom stereocenters. The SMILES string of the molecule is Cc1cnc(C(C)Nc2cc(C(=O)O)c(Cl)cn2)o1. The van der Waals surface area contributed by atoms with Gasteiger partial charge in [-0.2, -0.15) is 0 Å². The Bertz CT molecular complexity index is 612. The first-order chi connectivity index (χ1) is 8.97. The zero-order valence-corrected chi connectivity index (χ0v) is 11.1. The van der Waals surface area contributed by atoms with Gasteiger partial charge in [0.15, 0.2) is 0 Å². The van der Waals surface area contributed by atoms with Crippen molar-refractivity contribution in [2.24, 2.45) is 0 Å². The average molecular weight is 282 g/mol. The highest BCUT2D eigenvalue weighted by Crippen LogP contribution is 2.21. The number of hydrogen-bond acceptors (Lipinski definition) is 5. The molecule has 2 heterocycles. The topological polar surface area (TPSA) is 88.2 Å². The predicted octanol–water partition coefficient (Wildman–Crippen LogP) is 2.90. The molecule has 2 rings (SSSR count). The third kappa shape index (κ3) is 3.03. The van der Waals surface area contributed by atoms with Crippen LogP contribution in [0.15, 0.2) is 22.9 Å². The minimum atomic E-state index is -1.10. The van der Waals surface area contributed by atoms with E-state index < -0.39 is 5.97 Å². The predicted molar refractivity (Wildman–Crippen MR) is 69.5 cm³/mol. The van der Waals surface area contributed by atoms with Crippen LogP contribution in [-0.4, -0.2) is 21.0 Å². The van der Waals surface area contributed by atoms with E-state index >= 15 is 0 Å². The van der Waals surface area contributed by atoms with Crippen molar-refractivity contribution >= 4 is 23.4 Å². The van der Waals surface area contributed by atoms with Crippen molar-refractivity contribution in [3.63, 3.8) is 0 Å². The highest BCUT2D eigenvalue weighted by Gasteiger charge is 2.14. The Hall–Kier alpha value is -2.08. The van der Waals surface area contributed by atoms with Crippen LogP contribution in [0.25, 0.3) is 0 Å². The zero-order valence-electron chi connectivity index (χ0n) is 10.3. The van der Waals surface area contributed by atoms with Gasteiger partial charge in [0.25, 0.3) is 0 Å². The molecule has 0 radical (unpaired) electrons. The van der Waals surface area contributed by atoms with Crippen LogP contribution in [0.3, 0.4) is 0 Å². The second kappa shape index (κ2) is 5.27. The molecule has 2 aromatic heterocycles. The summed E-state index contributed by atoms with van der Waals surface area (Å²) in [5, 5.41) is 12.1. The Balaban J connectivity index is 2.19. The smallest absolute Gasteiger partial charge is 0.337 e. The normalized spacial score (nSPS) is 12.2. The molecular weight excluding hydrogens is 270 g/mol. The van der Waals surface area contributed by atoms with E-state index in [1.54, 1.807) is 13.1 Å². The Morgan fingerprint density at radius 3 is 2.79 bits per heavy atom. The summed E-state index contributed by atoms with van der Waals surface area (Å²) < 4.78 is 5.38. The molecule has 0 aliphatic rings. The molecule has 19 heavy (non-hydrogen) atoms. The molecule has 2 N–H and O–H groups in total. The molecule has 0 aliphatic heterocycles. The first-order valence-electron chi connectivity index (χ1n) is 5.55. The van der Waals surface area contributed by atoms with Crippen LogP contribution < -0.4 is 5.32 Å². The summed E-state index contributed by atoms with van der Waals surface area (Å²) in [5.41, 5.74) is -0.00467. The number of nitrogens with zero attached hydrogens (tertiary/aromatic N) is 2. The number of carbonyl (C=O) groups is 1. The van der Waals surface area contributed by atoms with Crippen LogP contribution >= 0.6 is 11.6 Å². The average Bonchev–Trinajstić information content (AvgIpc) is 2.78. The summed E-state index contributed by atoms with van der Waals surface area (Å²) >= 11 is 5.75. The van der Waals surface area contributed by atoms with E-state index in [0.717, 1.165) is 0 Å². The molecule has 2 aromatic rings. The van der Waals surface area contributed by atoms with E-state index in [-0.39, 0.29) is 16.6 Å². The molecule has 0 spiro atoms. The summed E-state index contributed by atoms with van der Waals surface area (Å²) in [6.45, 7) is 3.63. The molecule has 1 atom stereocenters. The lowest BCUT2D eigenvalue weighted by molar-refractivity contribution is 0.0697. The van der Waals surface area contributed by atoms with Gasteiger partial charge in [-0.1, -0.05) is 11.6 Å². The second-order valence-electron chi connectivity index (χ2n) is 4.03. The van der Waals surface area contributed by atoms with E-state index in [9.17, 15) is 4.79 Å². The molecular formula is C12H12ClN3O3. The monoisotopic (exact) mass is 281 g/mol. The number of aromatic carboxylic acids is 1. The van der Waals surface area contributed by atoms with Crippen LogP contribution in [0.1, 0.15) is 35.0 Å². The fourth-order valence-electron chi connectivity index (χ4n) is 1.54. The Morgan fingerprint density at radius 2 is 2.21 bits per heavy atom. The molecule has 0 saturated heterocycles. The molecule has 0 aromatic carbocycles. The van der Waals surface area contributed by atoms with Crippen molar-refractivity contribution in [2.45, 2.75) is 19.9 Å². The lowest BCUT2D eigenvalue weighted by atomic mass is 10.2. The van der Waals surface area contributed by atoms with E-state index in [0.29, 0.717) is 17.5 Å². The number of aromatic nitrogens is 2. The van der Waals surface area contributed by atoms with Crippen LogP contribution in [0.5, 0.6) is 0 Å². The summed E-state index contributed by atoms with van der Waals surface area (Å²) in [5.74, 6) is 0.505. The fourth-order valence-corrected chi connectivity index (χ4v) is 1.72. The quantitative estimate of drug-likeness (QED) is 0.896. The summed E-state index contributed by atoms with van der Waals surface area (Å²) in [7, 11) is 0. The number of carboxylic acids is 1. The van der Waals surface area contributed by atoms with Gasteiger partial charge in [-0.05, 0) is 19.9 Å². The molecule has 0 fully saturated rings. The number of rotatable bonds is 4. The molecule has 0 amide bonds.